The number of nitrogens with zero attached hydrogens (tertiary/aromatic N) is 1. The van der Waals surface area contributed by atoms with E-state index in [2.05, 4.69) is 0 Å². The summed E-state index contributed by atoms with van der Waals surface area (Å²) < 4.78 is 22.6. The summed E-state index contributed by atoms with van der Waals surface area (Å²) in [6.45, 7) is 4.98. The van der Waals surface area contributed by atoms with Gasteiger partial charge in [0.2, 0.25) is 5.91 Å². The Balaban J connectivity index is 4.11. The lowest BCUT2D eigenvalue weighted by molar-refractivity contribution is -0.127. The first-order valence-corrected chi connectivity index (χ1v) is 5.92. The molecule has 0 aromatic rings. The summed E-state index contributed by atoms with van der Waals surface area (Å²) in [5.41, 5.74) is 0. The van der Waals surface area contributed by atoms with Crippen LogP contribution in [0.15, 0.2) is 0 Å². The number of carbonyl (C=O) groups is 1. The van der Waals surface area contributed by atoms with Crippen LogP contribution in [-0.2, 0) is 14.6 Å². The van der Waals surface area contributed by atoms with Crippen LogP contribution in [0.2, 0.25) is 0 Å². The van der Waals surface area contributed by atoms with E-state index < -0.39 is 9.84 Å². The average Bonchev–Trinajstić information content (AvgIpc) is 1.99. The Kier molecular flexibility index (Phi) is 4.39. The molecule has 0 atom stereocenters. The third kappa shape index (κ3) is 4.26. The molecule has 0 fully saturated rings. The van der Waals surface area contributed by atoms with Gasteiger partial charge in [0, 0.05) is 20.5 Å². The van der Waals surface area contributed by atoms with Gasteiger partial charge >= 0.3 is 0 Å². The van der Waals surface area contributed by atoms with Gasteiger partial charge in [0.1, 0.15) is 0 Å². The van der Waals surface area contributed by atoms with E-state index in [1.54, 1.807) is 20.9 Å². The molecule has 0 aliphatic carbocycles. The van der Waals surface area contributed by atoms with Crippen LogP contribution in [0, 0.1) is 0 Å². The van der Waals surface area contributed by atoms with Gasteiger partial charge in [-0.15, -0.1) is 0 Å². The highest BCUT2D eigenvalue weighted by Gasteiger charge is 2.16. The molecule has 13 heavy (non-hydrogen) atoms. The van der Waals surface area contributed by atoms with Crippen molar-refractivity contribution in [3.8, 4) is 0 Å². The lowest BCUT2D eigenvalue weighted by Gasteiger charge is -2.15. The molecular weight excluding hydrogens is 190 g/mol. The monoisotopic (exact) mass is 207 g/mol. The van der Waals surface area contributed by atoms with E-state index in [-0.39, 0.29) is 23.5 Å². The molecule has 0 aromatic heterocycles. The fraction of sp³-hybridized carbons (Fsp3) is 0.875. The summed E-state index contributed by atoms with van der Waals surface area (Å²) in [6.07, 6.45) is 0. The Labute approximate surface area is 79.8 Å². The number of amides is 1. The van der Waals surface area contributed by atoms with E-state index in [1.807, 2.05) is 0 Å². The number of carbonyl (C=O) groups excluding carboxylic acids is 1. The Morgan fingerprint density at radius 1 is 1.38 bits per heavy atom. The second kappa shape index (κ2) is 4.60. The number of hydrogen-bond donors (Lipinski definition) is 0. The van der Waals surface area contributed by atoms with E-state index in [0.717, 1.165) is 0 Å². The topological polar surface area (TPSA) is 54.5 Å². The molecule has 0 N–H and O–H groups in total. The van der Waals surface area contributed by atoms with Crippen molar-refractivity contribution in [1.29, 1.82) is 0 Å². The summed E-state index contributed by atoms with van der Waals surface area (Å²) in [6, 6.07) is 0. The van der Waals surface area contributed by atoms with Crippen LogP contribution in [0.1, 0.15) is 20.8 Å². The molecule has 5 heteroatoms. The van der Waals surface area contributed by atoms with Crippen molar-refractivity contribution < 1.29 is 13.2 Å². The molecule has 0 heterocycles. The molecule has 0 aromatic carbocycles. The first-order chi connectivity index (χ1) is 5.77. The average molecular weight is 207 g/mol. The van der Waals surface area contributed by atoms with Gasteiger partial charge in [-0.2, -0.15) is 0 Å². The van der Waals surface area contributed by atoms with E-state index in [4.69, 9.17) is 0 Å². The van der Waals surface area contributed by atoms with Gasteiger partial charge in [0.05, 0.1) is 11.0 Å². The van der Waals surface area contributed by atoms with Crippen LogP contribution in [0.5, 0.6) is 0 Å². The first kappa shape index (κ1) is 12.4. The second-order valence-corrected chi connectivity index (χ2v) is 6.03. The van der Waals surface area contributed by atoms with Crippen molar-refractivity contribution in [2.24, 2.45) is 0 Å². The van der Waals surface area contributed by atoms with Crippen LogP contribution >= 0.6 is 0 Å². The zero-order valence-electron chi connectivity index (χ0n) is 8.57. The van der Waals surface area contributed by atoms with Gasteiger partial charge in [-0.3, -0.25) is 4.79 Å². The maximum absolute atomic E-state index is 11.3. The molecule has 0 bridgehead atoms. The largest absolute Gasteiger partial charge is 0.345 e. The minimum Gasteiger partial charge on any atom is -0.345 e. The lowest BCUT2D eigenvalue weighted by atomic mass is 10.5. The Morgan fingerprint density at radius 3 is 2.15 bits per heavy atom. The van der Waals surface area contributed by atoms with Crippen LogP contribution in [-0.4, -0.2) is 43.8 Å². The second-order valence-electron chi connectivity index (χ2n) is 3.36. The van der Waals surface area contributed by atoms with Crippen molar-refractivity contribution in [2.75, 3.05) is 19.3 Å². The molecule has 0 aliphatic heterocycles. The lowest BCUT2D eigenvalue weighted by Crippen LogP contribution is -2.31. The minimum absolute atomic E-state index is 0.0424. The molecule has 1 amide bonds. The molecule has 0 aliphatic rings. The van der Waals surface area contributed by atoms with Gasteiger partial charge in [-0.25, -0.2) is 8.42 Å². The van der Waals surface area contributed by atoms with Crippen molar-refractivity contribution in [2.45, 2.75) is 26.0 Å². The fourth-order valence-electron chi connectivity index (χ4n) is 0.657. The highest BCUT2D eigenvalue weighted by Crippen LogP contribution is 2.00. The highest BCUT2D eigenvalue weighted by atomic mass is 32.2. The minimum atomic E-state index is -3.02. The van der Waals surface area contributed by atoms with Crippen molar-refractivity contribution in [3.63, 3.8) is 0 Å². The molecule has 0 spiro atoms. The first-order valence-electron chi connectivity index (χ1n) is 4.20. The summed E-state index contributed by atoms with van der Waals surface area (Å²) in [7, 11) is -1.43. The summed E-state index contributed by atoms with van der Waals surface area (Å²) >= 11 is 0. The Bertz CT molecular complexity index is 269. The molecule has 0 unspecified atom stereocenters. The van der Waals surface area contributed by atoms with E-state index in [9.17, 15) is 13.2 Å². The Morgan fingerprint density at radius 2 is 1.85 bits per heavy atom. The zero-order valence-corrected chi connectivity index (χ0v) is 9.39. The van der Waals surface area contributed by atoms with Crippen LogP contribution in [0.3, 0.4) is 0 Å². The predicted molar refractivity (Wildman–Crippen MR) is 52.2 cm³/mol. The van der Waals surface area contributed by atoms with Crippen LogP contribution < -0.4 is 0 Å². The SMILES string of the molecule is CC(=O)N(C)CCS(=O)(=O)C(C)C. The van der Waals surface area contributed by atoms with Gasteiger partial charge in [-0.1, -0.05) is 0 Å². The standard InChI is InChI=1S/C8H17NO3S/c1-7(2)13(11,12)6-5-9(4)8(3)10/h7H,5-6H2,1-4H3. The number of rotatable bonds is 4. The molecule has 0 rings (SSSR count). The van der Waals surface area contributed by atoms with Gasteiger partial charge in [0.15, 0.2) is 9.84 Å². The number of hydrogen-bond acceptors (Lipinski definition) is 3. The molecule has 0 saturated carbocycles. The fourth-order valence-corrected chi connectivity index (χ4v) is 1.66. The van der Waals surface area contributed by atoms with Gasteiger partial charge in [-0.05, 0) is 13.8 Å². The smallest absolute Gasteiger partial charge is 0.219 e. The third-order valence-corrected chi connectivity index (χ3v) is 4.16. The van der Waals surface area contributed by atoms with E-state index >= 15 is 0 Å². The molecule has 4 nitrogen and oxygen atoms in total. The maximum atomic E-state index is 11.3. The Hall–Kier alpha value is -0.580. The quantitative estimate of drug-likeness (QED) is 0.665. The normalized spacial score (nSPS) is 11.8. The van der Waals surface area contributed by atoms with Crippen LogP contribution in [0.4, 0.5) is 0 Å². The molecule has 0 saturated heterocycles. The number of sulfone groups is 1. The van der Waals surface area contributed by atoms with Gasteiger partial charge < -0.3 is 4.90 Å². The van der Waals surface area contributed by atoms with Crippen LogP contribution in [0.25, 0.3) is 0 Å². The third-order valence-electron chi connectivity index (χ3n) is 1.97. The van der Waals surface area contributed by atoms with Crippen molar-refractivity contribution >= 4 is 15.7 Å². The van der Waals surface area contributed by atoms with E-state index in [0.29, 0.717) is 0 Å². The summed E-state index contributed by atoms with van der Waals surface area (Å²) in [5, 5.41) is -0.368. The maximum Gasteiger partial charge on any atom is 0.219 e. The summed E-state index contributed by atoms with van der Waals surface area (Å²) in [4.78, 5) is 12.2. The molecule has 78 valence electrons. The van der Waals surface area contributed by atoms with Crippen molar-refractivity contribution in [3.05, 3.63) is 0 Å². The highest BCUT2D eigenvalue weighted by molar-refractivity contribution is 7.92. The predicted octanol–water partition coefficient (Wildman–Crippen LogP) is 0.288. The van der Waals surface area contributed by atoms with Gasteiger partial charge in [0.25, 0.3) is 0 Å². The molecular formula is C8H17NO3S. The van der Waals surface area contributed by atoms with E-state index in [1.165, 1.54) is 11.8 Å². The summed E-state index contributed by atoms with van der Waals surface area (Å²) in [5.74, 6) is -0.0697. The van der Waals surface area contributed by atoms with Crippen molar-refractivity contribution in [1.82, 2.24) is 4.90 Å². The molecule has 0 radical (unpaired) electrons. The zero-order chi connectivity index (χ0) is 10.6.